The molecule has 33 heavy (non-hydrogen) atoms. The van der Waals surface area contributed by atoms with Crippen molar-refractivity contribution in [1.29, 1.82) is 0 Å². The fraction of sp³-hybridized carbons (Fsp3) is 0.0909. The van der Waals surface area contributed by atoms with Crippen LogP contribution in [0.1, 0.15) is 20.7 Å². The number of rotatable bonds is 5. The first-order valence-corrected chi connectivity index (χ1v) is 11.2. The van der Waals surface area contributed by atoms with E-state index in [1.165, 1.54) is 44.6 Å². The normalized spacial score (nSPS) is 11.5. The van der Waals surface area contributed by atoms with Gasteiger partial charge in [0.1, 0.15) is 5.56 Å². The monoisotopic (exact) mass is 464 g/mol. The Hall–Kier alpha value is -4.09. The molecule has 0 atom stereocenters. The number of aromatic nitrogens is 3. The van der Waals surface area contributed by atoms with E-state index >= 15 is 0 Å². The molecule has 168 valence electrons. The van der Waals surface area contributed by atoms with Gasteiger partial charge in [-0.1, -0.05) is 36.4 Å². The number of carbonyl (C=O) groups is 2. The van der Waals surface area contributed by atoms with Gasteiger partial charge in [-0.2, -0.15) is 5.10 Å². The minimum Gasteiger partial charge on any atom is -0.267 e. The van der Waals surface area contributed by atoms with Gasteiger partial charge in [0.25, 0.3) is 11.8 Å². The smallest absolute Gasteiger partial charge is 0.267 e. The molecule has 0 radical (unpaired) electrons. The number of nitrogens with zero attached hydrogens (tertiary/aromatic N) is 4. The van der Waals surface area contributed by atoms with Crippen LogP contribution in [-0.4, -0.2) is 53.2 Å². The fourth-order valence-corrected chi connectivity index (χ4v) is 4.09. The molecule has 0 aliphatic carbocycles. The van der Waals surface area contributed by atoms with E-state index in [2.05, 4.69) is 20.9 Å². The van der Waals surface area contributed by atoms with Crippen LogP contribution in [0.25, 0.3) is 16.9 Å². The summed E-state index contributed by atoms with van der Waals surface area (Å²) in [5.41, 5.74) is 6.83. The maximum atomic E-state index is 12.7. The number of carbonyl (C=O) groups excluding carboxylic acids is 2. The van der Waals surface area contributed by atoms with E-state index in [1.54, 1.807) is 16.8 Å². The van der Waals surface area contributed by atoms with Crippen LogP contribution in [0.2, 0.25) is 0 Å². The van der Waals surface area contributed by atoms with Gasteiger partial charge in [0.2, 0.25) is 10.0 Å². The Morgan fingerprint density at radius 2 is 1.67 bits per heavy atom. The van der Waals surface area contributed by atoms with Crippen molar-refractivity contribution >= 4 is 27.5 Å². The van der Waals surface area contributed by atoms with Crippen molar-refractivity contribution in [2.75, 3.05) is 14.1 Å². The molecule has 2 aromatic heterocycles. The number of hydrazine groups is 1. The van der Waals surface area contributed by atoms with E-state index < -0.39 is 21.8 Å². The van der Waals surface area contributed by atoms with Crippen LogP contribution < -0.4 is 10.9 Å². The summed E-state index contributed by atoms with van der Waals surface area (Å²) < 4.78 is 27.2. The van der Waals surface area contributed by atoms with Crippen LogP contribution in [0, 0.1) is 0 Å². The molecule has 0 spiro atoms. The second-order valence-electron chi connectivity index (χ2n) is 7.21. The molecule has 0 aliphatic rings. The number of nitrogens with one attached hydrogen (secondary N) is 2. The molecule has 0 saturated heterocycles. The van der Waals surface area contributed by atoms with E-state index in [1.807, 2.05) is 30.3 Å². The largest absolute Gasteiger partial charge is 0.275 e. The predicted molar refractivity (Wildman–Crippen MR) is 121 cm³/mol. The zero-order chi connectivity index (χ0) is 23.6. The lowest BCUT2D eigenvalue weighted by Crippen LogP contribution is -2.41. The van der Waals surface area contributed by atoms with Crippen LogP contribution in [0.15, 0.2) is 78.0 Å². The molecule has 11 heteroatoms. The van der Waals surface area contributed by atoms with Gasteiger partial charge in [-0.05, 0) is 24.3 Å². The minimum atomic E-state index is -3.70. The van der Waals surface area contributed by atoms with E-state index in [-0.39, 0.29) is 16.0 Å². The summed E-state index contributed by atoms with van der Waals surface area (Å²) in [5, 5.41) is 4.27. The summed E-state index contributed by atoms with van der Waals surface area (Å²) in [5.74, 6) is -1.29. The summed E-state index contributed by atoms with van der Waals surface area (Å²) in [4.78, 5) is 29.4. The molecular weight excluding hydrogens is 444 g/mol. The number of hydrogen-bond acceptors (Lipinski definition) is 6. The van der Waals surface area contributed by atoms with Crippen molar-refractivity contribution in [3.63, 3.8) is 0 Å². The molecule has 2 N–H and O–H groups in total. The minimum absolute atomic E-state index is 0.0354. The van der Waals surface area contributed by atoms with Crippen LogP contribution in [0.5, 0.6) is 0 Å². The standard InChI is InChI=1S/C22H20N6O4S/c1-27(2)33(31,32)17-10-6-9-16(13-17)21(29)25-26-22(30)18-14-24-28-19(11-12-23-20(18)28)15-7-4-3-5-8-15/h3-14H,1-2H3,(H,25,29)(H,26,30). The lowest BCUT2D eigenvalue weighted by Gasteiger charge is -2.12. The third-order valence-corrected chi connectivity index (χ3v) is 6.69. The van der Waals surface area contributed by atoms with Crippen LogP contribution in [0.4, 0.5) is 0 Å². The summed E-state index contributed by atoms with van der Waals surface area (Å²) in [7, 11) is -0.907. The molecule has 2 amide bonds. The van der Waals surface area contributed by atoms with Crippen molar-refractivity contribution in [3.05, 3.63) is 84.2 Å². The van der Waals surface area contributed by atoms with Crippen LogP contribution in [0.3, 0.4) is 0 Å². The average Bonchev–Trinajstić information content (AvgIpc) is 3.27. The number of fused-ring (bicyclic) bond motifs is 1. The van der Waals surface area contributed by atoms with E-state index in [4.69, 9.17) is 0 Å². The van der Waals surface area contributed by atoms with E-state index in [0.29, 0.717) is 5.65 Å². The first kappa shape index (κ1) is 22.1. The van der Waals surface area contributed by atoms with Crippen LogP contribution in [-0.2, 0) is 10.0 Å². The number of hydrogen-bond donors (Lipinski definition) is 2. The lowest BCUT2D eigenvalue weighted by molar-refractivity contribution is 0.0847. The maximum Gasteiger partial charge on any atom is 0.275 e. The van der Waals surface area contributed by atoms with Gasteiger partial charge in [-0.3, -0.25) is 20.4 Å². The highest BCUT2D eigenvalue weighted by molar-refractivity contribution is 7.89. The topological polar surface area (TPSA) is 126 Å². The molecule has 2 heterocycles. The predicted octanol–water partition coefficient (Wildman–Crippen LogP) is 1.72. The second kappa shape index (κ2) is 8.81. The van der Waals surface area contributed by atoms with Crippen molar-refractivity contribution < 1.29 is 18.0 Å². The Kier molecular flexibility index (Phi) is 5.90. The van der Waals surface area contributed by atoms with Gasteiger partial charge < -0.3 is 0 Å². The van der Waals surface area contributed by atoms with Gasteiger partial charge in [0.15, 0.2) is 5.65 Å². The average molecular weight is 465 g/mol. The molecule has 0 fully saturated rings. The molecular formula is C22H20N6O4S. The Labute approximate surface area is 189 Å². The summed E-state index contributed by atoms with van der Waals surface area (Å²) in [6.45, 7) is 0. The highest BCUT2D eigenvalue weighted by Crippen LogP contribution is 2.20. The molecule has 10 nitrogen and oxygen atoms in total. The van der Waals surface area contributed by atoms with Gasteiger partial charge >= 0.3 is 0 Å². The third kappa shape index (κ3) is 4.31. The lowest BCUT2D eigenvalue weighted by atomic mass is 10.1. The number of benzene rings is 2. The maximum absolute atomic E-state index is 12.7. The Morgan fingerprint density at radius 3 is 2.39 bits per heavy atom. The quantitative estimate of drug-likeness (QED) is 0.433. The first-order valence-electron chi connectivity index (χ1n) is 9.80. The Balaban J connectivity index is 1.53. The van der Waals surface area contributed by atoms with Gasteiger partial charge in [0.05, 0.1) is 16.8 Å². The molecule has 4 rings (SSSR count). The van der Waals surface area contributed by atoms with Gasteiger partial charge in [0, 0.05) is 31.4 Å². The summed E-state index contributed by atoms with van der Waals surface area (Å²) >= 11 is 0. The van der Waals surface area contributed by atoms with E-state index in [9.17, 15) is 18.0 Å². The van der Waals surface area contributed by atoms with Gasteiger partial charge in [-0.15, -0.1) is 0 Å². The molecule has 0 bridgehead atoms. The third-order valence-electron chi connectivity index (χ3n) is 4.88. The molecule has 4 aromatic rings. The van der Waals surface area contributed by atoms with Crippen molar-refractivity contribution in [3.8, 4) is 11.3 Å². The second-order valence-corrected chi connectivity index (χ2v) is 9.37. The summed E-state index contributed by atoms with van der Waals surface area (Å²) in [6, 6.07) is 16.8. The Morgan fingerprint density at radius 1 is 0.939 bits per heavy atom. The number of sulfonamides is 1. The zero-order valence-corrected chi connectivity index (χ0v) is 18.6. The number of amides is 2. The van der Waals surface area contributed by atoms with Gasteiger partial charge in [-0.25, -0.2) is 22.2 Å². The SMILES string of the molecule is CN(C)S(=O)(=O)c1cccc(C(=O)NNC(=O)c2cnn3c(-c4ccccc4)ccnc23)c1. The van der Waals surface area contributed by atoms with Crippen molar-refractivity contribution in [1.82, 2.24) is 29.8 Å². The Bertz CT molecular complexity index is 1450. The summed E-state index contributed by atoms with van der Waals surface area (Å²) in [6.07, 6.45) is 2.94. The molecule has 0 unspecified atom stereocenters. The molecule has 2 aromatic carbocycles. The first-order chi connectivity index (χ1) is 15.8. The zero-order valence-electron chi connectivity index (χ0n) is 17.8. The molecule has 0 saturated carbocycles. The van der Waals surface area contributed by atoms with Crippen molar-refractivity contribution in [2.24, 2.45) is 0 Å². The van der Waals surface area contributed by atoms with Crippen molar-refractivity contribution in [2.45, 2.75) is 4.90 Å². The highest BCUT2D eigenvalue weighted by Gasteiger charge is 2.20. The fourth-order valence-electron chi connectivity index (χ4n) is 3.14. The highest BCUT2D eigenvalue weighted by atomic mass is 32.2. The molecule has 0 aliphatic heterocycles. The van der Waals surface area contributed by atoms with Crippen LogP contribution >= 0.6 is 0 Å². The van der Waals surface area contributed by atoms with E-state index in [0.717, 1.165) is 15.6 Å².